The first-order valence-electron chi connectivity index (χ1n) is 18.7. The van der Waals surface area contributed by atoms with Crippen LogP contribution in [0.4, 0.5) is 0 Å². The fourth-order valence-electron chi connectivity index (χ4n) is 7.80. The van der Waals surface area contributed by atoms with E-state index in [-0.39, 0.29) is 0 Å². The number of para-hydroxylation sites is 1. The smallest absolute Gasteiger partial charge is 0.164 e. The maximum absolute atomic E-state index is 6.49. The summed E-state index contributed by atoms with van der Waals surface area (Å²) in [6.45, 7) is 0. The molecule has 0 fully saturated rings. The second-order valence-electron chi connectivity index (χ2n) is 14.0. The van der Waals surface area contributed by atoms with Gasteiger partial charge in [0, 0.05) is 44.3 Å². The molecule has 0 aliphatic carbocycles. The molecule has 3 heterocycles. The van der Waals surface area contributed by atoms with Crippen LogP contribution in [0.5, 0.6) is 0 Å². The molecule has 0 aliphatic rings. The maximum atomic E-state index is 6.49. The van der Waals surface area contributed by atoms with Gasteiger partial charge in [-0.2, -0.15) is 0 Å². The zero-order valence-corrected chi connectivity index (χ0v) is 30.1. The lowest BCUT2D eigenvalue weighted by Crippen LogP contribution is -2.00. The highest BCUT2D eigenvalue weighted by atomic mass is 16.3. The molecule has 11 aromatic rings. The van der Waals surface area contributed by atoms with E-state index < -0.39 is 0 Å². The van der Waals surface area contributed by atoms with Crippen molar-refractivity contribution in [1.82, 2.24) is 15.0 Å². The molecule has 3 aromatic heterocycles. The van der Waals surface area contributed by atoms with Gasteiger partial charge in [0.1, 0.15) is 22.3 Å². The monoisotopic (exact) mass is 717 g/mol. The van der Waals surface area contributed by atoms with Crippen LogP contribution in [0.15, 0.2) is 197 Å². The Bertz CT molecular complexity index is 3250. The zero-order chi connectivity index (χ0) is 37.0. The average molecular weight is 718 g/mol. The number of aromatic nitrogens is 3. The molecule has 0 atom stereocenters. The molecule has 0 amide bonds. The standard InChI is InChI=1S/C51H31N3O2/c1-3-13-32(14-4-1)34-17-9-19-36(27-34)37-20-11-22-39(29-37)50-52-49(38-21-10-18-35(28-38)33-15-5-2-6-16-33)53-51(54-50)41-24-12-26-45-48(41)43-30-42-40-23-7-8-25-44(40)55-46(42)31-47(43)56-45/h1-31H. The summed E-state index contributed by atoms with van der Waals surface area (Å²) in [5.41, 5.74) is 12.5. The van der Waals surface area contributed by atoms with Gasteiger partial charge >= 0.3 is 0 Å². The minimum Gasteiger partial charge on any atom is -0.456 e. The Morgan fingerprint density at radius 1 is 0.268 bits per heavy atom. The van der Waals surface area contributed by atoms with Gasteiger partial charge in [-0.3, -0.25) is 0 Å². The van der Waals surface area contributed by atoms with Gasteiger partial charge in [0.05, 0.1) is 0 Å². The van der Waals surface area contributed by atoms with Gasteiger partial charge in [-0.05, 0) is 69.8 Å². The van der Waals surface area contributed by atoms with Gasteiger partial charge in [0.15, 0.2) is 17.5 Å². The van der Waals surface area contributed by atoms with E-state index in [2.05, 4.69) is 140 Å². The second-order valence-corrected chi connectivity index (χ2v) is 14.0. The minimum absolute atomic E-state index is 0.567. The summed E-state index contributed by atoms with van der Waals surface area (Å²) in [6.07, 6.45) is 0. The summed E-state index contributed by atoms with van der Waals surface area (Å²) in [5, 5.41) is 4.02. The van der Waals surface area contributed by atoms with E-state index in [1.165, 1.54) is 5.56 Å². The van der Waals surface area contributed by atoms with Crippen LogP contribution in [0.1, 0.15) is 0 Å². The first kappa shape index (κ1) is 31.9. The van der Waals surface area contributed by atoms with Gasteiger partial charge in [0.25, 0.3) is 0 Å². The second kappa shape index (κ2) is 13.0. The van der Waals surface area contributed by atoms with Crippen molar-refractivity contribution in [1.29, 1.82) is 0 Å². The molecule has 11 rings (SSSR count). The molecule has 0 radical (unpaired) electrons. The zero-order valence-electron chi connectivity index (χ0n) is 30.1. The lowest BCUT2D eigenvalue weighted by molar-refractivity contribution is 0.656. The first-order chi connectivity index (χ1) is 27.7. The van der Waals surface area contributed by atoms with Crippen molar-refractivity contribution in [3.8, 4) is 67.5 Å². The van der Waals surface area contributed by atoms with Crippen LogP contribution in [0, 0.1) is 0 Å². The molecular weight excluding hydrogens is 687 g/mol. The summed E-state index contributed by atoms with van der Waals surface area (Å²) in [4.78, 5) is 15.6. The normalized spacial score (nSPS) is 11.6. The molecule has 0 saturated carbocycles. The maximum Gasteiger partial charge on any atom is 0.164 e. The number of furan rings is 2. The Labute approximate surface area is 322 Å². The van der Waals surface area contributed by atoms with Crippen LogP contribution in [-0.4, -0.2) is 15.0 Å². The fourth-order valence-corrected chi connectivity index (χ4v) is 7.80. The van der Waals surface area contributed by atoms with Crippen molar-refractivity contribution in [2.24, 2.45) is 0 Å². The van der Waals surface area contributed by atoms with Crippen molar-refractivity contribution >= 4 is 43.9 Å². The molecule has 0 saturated heterocycles. The van der Waals surface area contributed by atoms with Gasteiger partial charge in [0.2, 0.25) is 0 Å². The molecule has 8 aromatic carbocycles. The molecule has 0 unspecified atom stereocenters. The molecule has 0 spiro atoms. The van der Waals surface area contributed by atoms with E-state index in [0.29, 0.717) is 17.5 Å². The lowest BCUT2D eigenvalue weighted by atomic mass is 9.98. The molecule has 5 nitrogen and oxygen atoms in total. The average Bonchev–Trinajstić information content (AvgIpc) is 3.83. The summed E-state index contributed by atoms with van der Waals surface area (Å²) in [7, 11) is 0. The highest BCUT2D eigenvalue weighted by molar-refractivity contribution is 6.18. The van der Waals surface area contributed by atoms with E-state index in [0.717, 1.165) is 88.4 Å². The molecular formula is C51H31N3O2. The SMILES string of the molecule is c1ccc(-c2cccc(-c3cccc(-c4nc(-c5cccc(-c6ccccc6)c5)nc(-c5cccc6oc7cc8oc9ccccc9c8cc7c56)n4)c3)c2)cc1. The highest BCUT2D eigenvalue weighted by Crippen LogP contribution is 2.41. The van der Waals surface area contributed by atoms with Crippen LogP contribution >= 0.6 is 0 Å². The fraction of sp³-hybridized carbons (Fsp3) is 0. The van der Waals surface area contributed by atoms with Crippen molar-refractivity contribution in [3.63, 3.8) is 0 Å². The largest absolute Gasteiger partial charge is 0.456 e. The van der Waals surface area contributed by atoms with Crippen LogP contribution in [0.2, 0.25) is 0 Å². The quantitative estimate of drug-likeness (QED) is 0.171. The topological polar surface area (TPSA) is 65.0 Å². The van der Waals surface area contributed by atoms with Crippen LogP contribution in [-0.2, 0) is 0 Å². The Hall–Kier alpha value is -7.63. The summed E-state index contributed by atoms with van der Waals surface area (Å²) >= 11 is 0. The Morgan fingerprint density at radius 2 is 0.714 bits per heavy atom. The highest BCUT2D eigenvalue weighted by Gasteiger charge is 2.20. The molecule has 262 valence electrons. The van der Waals surface area contributed by atoms with Crippen molar-refractivity contribution in [3.05, 3.63) is 188 Å². The lowest BCUT2D eigenvalue weighted by Gasteiger charge is -2.11. The Kier molecular flexibility index (Phi) is 7.42. The number of benzene rings is 8. The summed E-state index contributed by atoms with van der Waals surface area (Å²) < 4.78 is 12.7. The molecule has 0 aliphatic heterocycles. The van der Waals surface area contributed by atoms with Gasteiger partial charge in [-0.1, -0.05) is 146 Å². The number of fused-ring (bicyclic) bond motifs is 6. The van der Waals surface area contributed by atoms with E-state index in [4.69, 9.17) is 23.8 Å². The van der Waals surface area contributed by atoms with Crippen molar-refractivity contribution in [2.75, 3.05) is 0 Å². The minimum atomic E-state index is 0.567. The molecule has 0 bridgehead atoms. The van der Waals surface area contributed by atoms with Crippen molar-refractivity contribution < 1.29 is 8.83 Å². The third kappa shape index (κ3) is 5.53. The third-order valence-electron chi connectivity index (χ3n) is 10.5. The van der Waals surface area contributed by atoms with E-state index in [1.807, 2.05) is 48.5 Å². The Balaban J connectivity index is 1.11. The van der Waals surface area contributed by atoms with Crippen LogP contribution < -0.4 is 0 Å². The van der Waals surface area contributed by atoms with E-state index in [1.54, 1.807) is 0 Å². The van der Waals surface area contributed by atoms with Crippen molar-refractivity contribution in [2.45, 2.75) is 0 Å². The van der Waals surface area contributed by atoms with E-state index in [9.17, 15) is 0 Å². The number of hydrogen-bond donors (Lipinski definition) is 0. The summed E-state index contributed by atoms with van der Waals surface area (Å²) in [6, 6.07) is 64.7. The third-order valence-corrected chi connectivity index (χ3v) is 10.5. The molecule has 0 N–H and O–H groups in total. The number of rotatable bonds is 6. The predicted molar refractivity (Wildman–Crippen MR) is 227 cm³/mol. The molecule has 5 heteroatoms. The number of hydrogen-bond acceptors (Lipinski definition) is 5. The van der Waals surface area contributed by atoms with Crippen LogP contribution in [0.25, 0.3) is 111 Å². The Morgan fingerprint density at radius 3 is 1.36 bits per heavy atom. The van der Waals surface area contributed by atoms with Crippen LogP contribution in [0.3, 0.4) is 0 Å². The predicted octanol–water partition coefficient (Wildman–Crippen LogP) is 13.7. The first-order valence-corrected chi connectivity index (χ1v) is 18.7. The number of nitrogens with zero attached hydrogens (tertiary/aromatic N) is 3. The van der Waals surface area contributed by atoms with Gasteiger partial charge in [-0.15, -0.1) is 0 Å². The summed E-state index contributed by atoms with van der Waals surface area (Å²) in [5.74, 6) is 1.74. The molecule has 56 heavy (non-hydrogen) atoms. The van der Waals surface area contributed by atoms with Gasteiger partial charge < -0.3 is 8.83 Å². The van der Waals surface area contributed by atoms with Gasteiger partial charge in [-0.25, -0.2) is 15.0 Å². The van der Waals surface area contributed by atoms with E-state index >= 15 is 0 Å².